The lowest BCUT2D eigenvalue weighted by Crippen LogP contribution is -2.03. The SMILES string of the molecule is CCCCCCc1cccc(S(=O)(=O)O)c1C. The van der Waals surface area contributed by atoms with Gasteiger partial charge in [0.1, 0.15) is 0 Å². The van der Waals surface area contributed by atoms with Crippen LogP contribution in [0.25, 0.3) is 0 Å². The minimum atomic E-state index is -4.09. The molecule has 0 unspecified atom stereocenters. The summed E-state index contributed by atoms with van der Waals surface area (Å²) < 4.78 is 31.4. The molecule has 0 aliphatic carbocycles. The van der Waals surface area contributed by atoms with Gasteiger partial charge in [0.2, 0.25) is 0 Å². The van der Waals surface area contributed by atoms with Gasteiger partial charge in [-0.15, -0.1) is 0 Å². The summed E-state index contributed by atoms with van der Waals surface area (Å²) in [4.78, 5) is 0.0329. The van der Waals surface area contributed by atoms with Gasteiger partial charge < -0.3 is 0 Å². The van der Waals surface area contributed by atoms with Crippen molar-refractivity contribution in [2.24, 2.45) is 0 Å². The van der Waals surface area contributed by atoms with Crippen LogP contribution in [0, 0.1) is 6.92 Å². The highest BCUT2D eigenvalue weighted by molar-refractivity contribution is 7.85. The van der Waals surface area contributed by atoms with Gasteiger partial charge in [0, 0.05) is 0 Å². The lowest BCUT2D eigenvalue weighted by atomic mass is 10.0. The molecule has 0 aliphatic rings. The normalized spacial score (nSPS) is 11.7. The summed E-state index contributed by atoms with van der Waals surface area (Å²) in [5.74, 6) is 0. The zero-order chi connectivity index (χ0) is 12.9. The summed E-state index contributed by atoms with van der Waals surface area (Å²) in [5.41, 5.74) is 1.68. The highest BCUT2D eigenvalue weighted by Gasteiger charge is 2.14. The topological polar surface area (TPSA) is 54.4 Å². The summed E-state index contributed by atoms with van der Waals surface area (Å²) in [6.45, 7) is 3.91. The predicted octanol–water partition coefficient (Wildman–Crippen LogP) is 3.36. The molecule has 0 heterocycles. The summed E-state index contributed by atoms with van der Waals surface area (Å²) >= 11 is 0. The van der Waals surface area contributed by atoms with Crippen molar-refractivity contribution in [2.75, 3.05) is 0 Å². The summed E-state index contributed by atoms with van der Waals surface area (Å²) in [6.07, 6.45) is 5.48. The van der Waals surface area contributed by atoms with E-state index in [-0.39, 0.29) is 4.90 Å². The monoisotopic (exact) mass is 256 g/mol. The fraction of sp³-hybridized carbons (Fsp3) is 0.538. The van der Waals surface area contributed by atoms with Gasteiger partial charge in [-0.2, -0.15) is 8.42 Å². The molecule has 0 saturated carbocycles. The van der Waals surface area contributed by atoms with Gasteiger partial charge in [0.25, 0.3) is 10.1 Å². The van der Waals surface area contributed by atoms with E-state index in [1.54, 1.807) is 13.0 Å². The van der Waals surface area contributed by atoms with Crippen molar-refractivity contribution in [2.45, 2.75) is 50.8 Å². The Morgan fingerprint density at radius 3 is 2.47 bits per heavy atom. The average molecular weight is 256 g/mol. The Kier molecular flexibility index (Phi) is 5.15. The average Bonchev–Trinajstić information content (AvgIpc) is 2.25. The van der Waals surface area contributed by atoms with Gasteiger partial charge in [-0.05, 0) is 37.0 Å². The molecule has 96 valence electrons. The van der Waals surface area contributed by atoms with Crippen molar-refractivity contribution in [1.82, 2.24) is 0 Å². The van der Waals surface area contributed by atoms with Crippen molar-refractivity contribution in [3.63, 3.8) is 0 Å². The Bertz CT molecular complexity index is 464. The van der Waals surface area contributed by atoms with E-state index >= 15 is 0 Å². The third-order valence-electron chi connectivity index (χ3n) is 2.97. The molecule has 1 aromatic carbocycles. The Hall–Kier alpha value is -0.870. The van der Waals surface area contributed by atoms with E-state index in [4.69, 9.17) is 4.55 Å². The molecule has 17 heavy (non-hydrogen) atoms. The molecule has 0 bridgehead atoms. The number of hydrogen-bond acceptors (Lipinski definition) is 2. The van der Waals surface area contributed by atoms with Gasteiger partial charge in [-0.1, -0.05) is 38.3 Å². The van der Waals surface area contributed by atoms with Crippen LogP contribution in [0.2, 0.25) is 0 Å². The van der Waals surface area contributed by atoms with Crippen molar-refractivity contribution in [1.29, 1.82) is 0 Å². The highest BCUT2D eigenvalue weighted by atomic mass is 32.2. The molecule has 0 amide bonds. The first-order valence-corrected chi connectivity index (χ1v) is 7.46. The zero-order valence-corrected chi connectivity index (χ0v) is 11.3. The van der Waals surface area contributed by atoms with Crippen LogP contribution >= 0.6 is 0 Å². The number of hydrogen-bond donors (Lipinski definition) is 1. The number of benzene rings is 1. The van der Waals surface area contributed by atoms with E-state index in [2.05, 4.69) is 6.92 Å². The Labute approximate surface area is 104 Å². The van der Waals surface area contributed by atoms with Crippen LogP contribution in [0.1, 0.15) is 43.7 Å². The molecule has 0 aromatic heterocycles. The van der Waals surface area contributed by atoms with E-state index in [0.29, 0.717) is 5.56 Å². The molecule has 1 rings (SSSR count). The van der Waals surface area contributed by atoms with Crippen LogP contribution in [-0.4, -0.2) is 13.0 Å². The van der Waals surface area contributed by atoms with E-state index in [1.807, 2.05) is 6.07 Å². The zero-order valence-electron chi connectivity index (χ0n) is 10.4. The fourth-order valence-corrected chi connectivity index (χ4v) is 2.72. The molecular formula is C13H20O3S. The van der Waals surface area contributed by atoms with E-state index in [0.717, 1.165) is 24.8 Å². The van der Waals surface area contributed by atoms with Crippen LogP contribution in [0.5, 0.6) is 0 Å². The lowest BCUT2D eigenvalue weighted by Gasteiger charge is -2.09. The van der Waals surface area contributed by atoms with Crippen LogP contribution in [0.3, 0.4) is 0 Å². The molecule has 4 heteroatoms. The Morgan fingerprint density at radius 2 is 1.88 bits per heavy atom. The minimum Gasteiger partial charge on any atom is -0.282 e. The quantitative estimate of drug-likeness (QED) is 0.627. The molecule has 3 nitrogen and oxygen atoms in total. The van der Waals surface area contributed by atoms with Crippen molar-refractivity contribution < 1.29 is 13.0 Å². The van der Waals surface area contributed by atoms with Gasteiger partial charge in [-0.3, -0.25) is 4.55 Å². The maximum Gasteiger partial charge on any atom is 0.294 e. The van der Waals surface area contributed by atoms with Crippen LogP contribution < -0.4 is 0 Å². The number of unbranched alkanes of at least 4 members (excludes halogenated alkanes) is 3. The van der Waals surface area contributed by atoms with Gasteiger partial charge in [0.05, 0.1) is 4.90 Å². The van der Waals surface area contributed by atoms with Crippen LogP contribution in [0.15, 0.2) is 23.1 Å². The van der Waals surface area contributed by atoms with E-state index < -0.39 is 10.1 Å². The Balaban J connectivity index is 2.81. The third kappa shape index (κ3) is 4.13. The molecule has 0 atom stereocenters. The standard InChI is InChI=1S/C13H20O3S/c1-3-4-5-6-8-12-9-7-10-13(11(12)2)17(14,15)16/h7,9-10H,3-6,8H2,1-2H3,(H,14,15,16). The second kappa shape index (κ2) is 6.17. The Morgan fingerprint density at radius 1 is 1.18 bits per heavy atom. The molecule has 1 N–H and O–H groups in total. The predicted molar refractivity (Wildman–Crippen MR) is 68.8 cm³/mol. The number of aryl methyl sites for hydroxylation is 1. The highest BCUT2D eigenvalue weighted by Crippen LogP contribution is 2.20. The van der Waals surface area contributed by atoms with Crippen LogP contribution in [0.4, 0.5) is 0 Å². The summed E-state index contributed by atoms with van der Waals surface area (Å²) in [7, 11) is -4.09. The molecule has 0 fully saturated rings. The first kappa shape index (κ1) is 14.2. The second-order valence-electron chi connectivity index (χ2n) is 4.33. The summed E-state index contributed by atoms with van der Waals surface area (Å²) in [5, 5.41) is 0. The molecule has 0 radical (unpaired) electrons. The molecule has 0 spiro atoms. The fourth-order valence-electron chi connectivity index (χ4n) is 1.95. The second-order valence-corrected chi connectivity index (χ2v) is 5.72. The minimum absolute atomic E-state index is 0.0329. The maximum atomic E-state index is 11.1. The lowest BCUT2D eigenvalue weighted by molar-refractivity contribution is 0.482. The molecule has 0 aliphatic heterocycles. The van der Waals surface area contributed by atoms with E-state index in [1.165, 1.54) is 18.9 Å². The maximum absolute atomic E-state index is 11.1. The first-order valence-electron chi connectivity index (χ1n) is 6.02. The third-order valence-corrected chi connectivity index (χ3v) is 3.97. The summed E-state index contributed by atoms with van der Waals surface area (Å²) in [6, 6.07) is 5.06. The van der Waals surface area contributed by atoms with Crippen LogP contribution in [-0.2, 0) is 16.5 Å². The van der Waals surface area contributed by atoms with Gasteiger partial charge in [0.15, 0.2) is 0 Å². The van der Waals surface area contributed by atoms with Gasteiger partial charge in [-0.25, -0.2) is 0 Å². The van der Waals surface area contributed by atoms with Crippen molar-refractivity contribution in [3.05, 3.63) is 29.3 Å². The molecule has 1 aromatic rings. The molecule has 0 saturated heterocycles. The van der Waals surface area contributed by atoms with E-state index in [9.17, 15) is 8.42 Å². The van der Waals surface area contributed by atoms with Gasteiger partial charge >= 0.3 is 0 Å². The van der Waals surface area contributed by atoms with Crippen molar-refractivity contribution >= 4 is 10.1 Å². The first-order chi connectivity index (χ1) is 7.96. The number of rotatable bonds is 6. The largest absolute Gasteiger partial charge is 0.294 e. The van der Waals surface area contributed by atoms with Crippen molar-refractivity contribution in [3.8, 4) is 0 Å². The smallest absolute Gasteiger partial charge is 0.282 e. The molecular weight excluding hydrogens is 236 g/mol.